The molecule has 1 aromatic rings. The second-order valence-electron chi connectivity index (χ2n) is 5.14. The molecule has 0 amide bonds. The number of benzene rings is 1. The van der Waals surface area contributed by atoms with Gasteiger partial charge in [0.2, 0.25) is 0 Å². The van der Waals surface area contributed by atoms with E-state index in [0.717, 1.165) is 31.7 Å². The Morgan fingerprint density at radius 2 is 1.67 bits per heavy atom. The Bertz CT molecular complexity index is 410. The van der Waals surface area contributed by atoms with Crippen molar-refractivity contribution in [2.24, 2.45) is 0 Å². The lowest BCUT2D eigenvalue weighted by atomic mass is 9.98. The maximum absolute atomic E-state index is 9.40. The lowest BCUT2D eigenvalue weighted by Gasteiger charge is -2.31. The van der Waals surface area contributed by atoms with Gasteiger partial charge in [0.05, 0.1) is 6.07 Å². The van der Waals surface area contributed by atoms with E-state index in [-0.39, 0.29) is 6.04 Å². The van der Waals surface area contributed by atoms with Crippen LogP contribution in [0, 0.1) is 11.3 Å². The lowest BCUT2D eigenvalue weighted by Crippen LogP contribution is -2.44. The molecule has 0 aliphatic carbocycles. The van der Waals surface area contributed by atoms with Crippen LogP contribution in [-0.2, 0) is 0 Å². The molecular formula is C15H21N3. The van der Waals surface area contributed by atoms with Gasteiger partial charge in [0.15, 0.2) is 0 Å². The second-order valence-corrected chi connectivity index (χ2v) is 5.14. The highest BCUT2D eigenvalue weighted by molar-refractivity contribution is 5.29. The first-order valence-electron chi connectivity index (χ1n) is 6.66. The van der Waals surface area contributed by atoms with Gasteiger partial charge >= 0.3 is 0 Å². The van der Waals surface area contributed by atoms with E-state index in [1.165, 1.54) is 5.56 Å². The van der Waals surface area contributed by atoms with E-state index in [1.807, 2.05) is 0 Å². The maximum atomic E-state index is 9.40. The van der Waals surface area contributed by atoms with Crippen LogP contribution in [0.3, 0.4) is 0 Å². The fourth-order valence-electron chi connectivity index (χ4n) is 2.37. The molecule has 96 valence electrons. The van der Waals surface area contributed by atoms with E-state index in [9.17, 15) is 5.26 Å². The van der Waals surface area contributed by atoms with E-state index >= 15 is 0 Å². The Hall–Kier alpha value is -1.37. The molecule has 3 nitrogen and oxygen atoms in total. The lowest BCUT2D eigenvalue weighted by molar-refractivity contribution is 0.207. The standard InChI is InChI=1S/C15H21N3/c1-12(2)13-3-5-14(6-4-13)15(11-16)18-9-7-17-8-10-18/h3-6,12,15,17H,7-10H2,1-2H3. The first kappa shape index (κ1) is 13.1. The summed E-state index contributed by atoms with van der Waals surface area (Å²) in [5.41, 5.74) is 2.44. The van der Waals surface area contributed by atoms with Crippen molar-refractivity contribution < 1.29 is 0 Å². The summed E-state index contributed by atoms with van der Waals surface area (Å²) < 4.78 is 0. The number of nitrogens with zero attached hydrogens (tertiary/aromatic N) is 2. The van der Waals surface area contributed by atoms with Crippen molar-refractivity contribution in [1.82, 2.24) is 10.2 Å². The smallest absolute Gasteiger partial charge is 0.123 e. The molecule has 1 aliphatic heterocycles. The van der Waals surface area contributed by atoms with Crippen molar-refractivity contribution >= 4 is 0 Å². The van der Waals surface area contributed by atoms with Gasteiger partial charge in [0, 0.05) is 26.2 Å². The fourth-order valence-corrected chi connectivity index (χ4v) is 2.37. The molecule has 0 bridgehead atoms. The summed E-state index contributed by atoms with van der Waals surface area (Å²) >= 11 is 0. The van der Waals surface area contributed by atoms with Gasteiger partial charge in [-0.1, -0.05) is 38.1 Å². The highest BCUT2D eigenvalue weighted by Gasteiger charge is 2.21. The van der Waals surface area contributed by atoms with Crippen LogP contribution in [0.5, 0.6) is 0 Å². The Morgan fingerprint density at radius 3 is 2.17 bits per heavy atom. The summed E-state index contributed by atoms with van der Waals surface area (Å²) in [5.74, 6) is 0.541. The van der Waals surface area contributed by atoms with Gasteiger partial charge in [-0.05, 0) is 17.0 Å². The van der Waals surface area contributed by atoms with Gasteiger partial charge < -0.3 is 5.32 Å². The Morgan fingerprint density at radius 1 is 1.11 bits per heavy atom. The zero-order valence-electron chi connectivity index (χ0n) is 11.2. The molecule has 0 spiro atoms. The zero-order chi connectivity index (χ0) is 13.0. The number of piperazine rings is 1. The van der Waals surface area contributed by atoms with Crippen LogP contribution >= 0.6 is 0 Å². The molecule has 3 heteroatoms. The van der Waals surface area contributed by atoms with Gasteiger partial charge in [0.1, 0.15) is 6.04 Å². The highest BCUT2D eigenvalue weighted by Crippen LogP contribution is 2.23. The molecule has 1 saturated heterocycles. The van der Waals surface area contributed by atoms with Gasteiger partial charge in [-0.3, -0.25) is 4.90 Å². The normalized spacial score (nSPS) is 18.6. The molecule has 1 unspecified atom stereocenters. The Kier molecular flexibility index (Phi) is 4.35. The molecule has 18 heavy (non-hydrogen) atoms. The summed E-state index contributed by atoms with van der Waals surface area (Å²) in [6.07, 6.45) is 0. The van der Waals surface area contributed by atoms with E-state index in [2.05, 4.69) is 54.4 Å². The Balaban J connectivity index is 2.14. The van der Waals surface area contributed by atoms with Crippen LogP contribution < -0.4 is 5.32 Å². The van der Waals surface area contributed by atoms with Gasteiger partial charge in [0.25, 0.3) is 0 Å². The average Bonchev–Trinajstić information content (AvgIpc) is 2.41. The molecule has 2 rings (SSSR count). The molecule has 1 aromatic carbocycles. The second kappa shape index (κ2) is 5.99. The first-order valence-corrected chi connectivity index (χ1v) is 6.66. The van der Waals surface area contributed by atoms with Crippen molar-refractivity contribution in [3.63, 3.8) is 0 Å². The number of hydrogen-bond donors (Lipinski definition) is 1. The van der Waals surface area contributed by atoms with Crippen LogP contribution in [0.2, 0.25) is 0 Å². The molecule has 1 fully saturated rings. The monoisotopic (exact) mass is 243 g/mol. The molecule has 1 atom stereocenters. The third-order valence-corrected chi connectivity index (χ3v) is 3.56. The fraction of sp³-hybridized carbons (Fsp3) is 0.533. The van der Waals surface area contributed by atoms with Crippen molar-refractivity contribution in [1.29, 1.82) is 5.26 Å². The summed E-state index contributed by atoms with van der Waals surface area (Å²) in [6, 6.07) is 10.8. The number of nitrogens with one attached hydrogen (secondary N) is 1. The maximum Gasteiger partial charge on any atom is 0.123 e. The number of rotatable bonds is 3. The first-order chi connectivity index (χ1) is 8.72. The Labute approximate surface area is 109 Å². The van der Waals surface area contributed by atoms with E-state index in [0.29, 0.717) is 5.92 Å². The van der Waals surface area contributed by atoms with Gasteiger partial charge in [-0.25, -0.2) is 0 Å². The number of nitriles is 1. The predicted octanol–water partition coefficient (Wildman–Crippen LogP) is 2.28. The van der Waals surface area contributed by atoms with E-state index < -0.39 is 0 Å². The van der Waals surface area contributed by atoms with Crippen LogP contribution in [0.1, 0.15) is 36.9 Å². The quantitative estimate of drug-likeness (QED) is 0.885. The summed E-state index contributed by atoms with van der Waals surface area (Å²) in [6.45, 7) is 8.22. The van der Waals surface area contributed by atoms with Crippen molar-refractivity contribution in [3.05, 3.63) is 35.4 Å². The minimum Gasteiger partial charge on any atom is -0.314 e. The SMILES string of the molecule is CC(C)c1ccc(C(C#N)N2CCNCC2)cc1. The largest absolute Gasteiger partial charge is 0.314 e. The summed E-state index contributed by atoms with van der Waals surface area (Å²) in [7, 11) is 0. The minimum atomic E-state index is -0.103. The zero-order valence-corrected chi connectivity index (χ0v) is 11.2. The molecular weight excluding hydrogens is 222 g/mol. The third-order valence-electron chi connectivity index (χ3n) is 3.56. The van der Waals surface area contributed by atoms with Crippen molar-refractivity contribution in [3.8, 4) is 6.07 Å². The topological polar surface area (TPSA) is 39.1 Å². The van der Waals surface area contributed by atoms with E-state index in [4.69, 9.17) is 0 Å². The molecule has 1 heterocycles. The minimum absolute atomic E-state index is 0.103. The average molecular weight is 243 g/mol. The summed E-state index contributed by atoms with van der Waals surface area (Å²) in [4.78, 5) is 2.25. The van der Waals surface area contributed by atoms with Crippen LogP contribution in [0.15, 0.2) is 24.3 Å². The predicted molar refractivity (Wildman–Crippen MR) is 73.3 cm³/mol. The third kappa shape index (κ3) is 2.90. The molecule has 0 aromatic heterocycles. The van der Waals surface area contributed by atoms with Crippen LogP contribution in [-0.4, -0.2) is 31.1 Å². The van der Waals surface area contributed by atoms with Crippen molar-refractivity contribution in [2.45, 2.75) is 25.8 Å². The van der Waals surface area contributed by atoms with Crippen LogP contribution in [0.25, 0.3) is 0 Å². The number of hydrogen-bond acceptors (Lipinski definition) is 3. The van der Waals surface area contributed by atoms with Crippen molar-refractivity contribution in [2.75, 3.05) is 26.2 Å². The molecule has 1 N–H and O–H groups in total. The summed E-state index contributed by atoms with van der Waals surface area (Å²) in [5, 5.41) is 12.7. The molecule has 0 radical (unpaired) electrons. The van der Waals surface area contributed by atoms with Gasteiger partial charge in [-0.15, -0.1) is 0 Å². The van der Waals surface area contributed by atoms with E-state index in [1.54, 1.807) is 0 Å². The highest BCUT2D eigenvalue weighted by atomic mass is 15.2. The molecule has 1 aliphatic rings. The molecule has 0 saturated carbocycles. The van der Waals surface area contributed by atoms with Crippen LogP contribution in [0.4, 0.5) is 0 Å². The van der Waals surface area contributed by atoms with Gasteiger partial charge in [-0.2, -0.15) is 5.26 Å².